The highest BCUT2D eigenvalue weighted by Crippen LogP contribution is 2.64. The molecule has 0 bridgehead atoms. The van der Waals surface area contributed by atoms with Crippen molar-refractivity contribution in [2.75, 3.05) is 11.9 Å². The van der Waals surface area contributed by atoms with Gasteiger partial charge < -0.3 is 4.90 Å². The first-order valence-electron chi connectivity index (χ1n) is 7.70. The number of benzene rings is 1. The van der Waals surface area contributed by atoms with Crippen LogP contribution in [0.2, 0.25) is 0 Å². The summed E-state index contributed by atoms with van der Waals surface area (Å²) in [5, 5.41) is 0. The molecule has 0 N–H and O–H groups in total. The summed E-state index contributed by atoms with van der Waals surface area (Å²) in [5.41, 5.74) is 3.84. The van der Waals surface area contributed by atoms with Crippen LogP contribution in [0.1, 0.15) is 41.6 Å². The zero-order valence-corrected chi connectivity index (χ0v) is 13.4. The molecule has 2 aliphatic carbocycles. The third-order valence-corrected chi connectivity index (χ3v) is 6.72. The summed E-state index contributed by atoms with van der Waals surface area (Å²) in [5.74, 6) is 3.03. The van der Waals surface area contributed by atoms with E-state index in [1.54, 1.807) is 4.90 Å². The van der Waals surface area contributed by atoms with Crippen molar-refractivity contribution < 1.29 is 4.79 Å². The lowest BCUT2D eigenvalue weighted by Gasteiger charge is -2.27. The van der Waals surface area contributed by atoms with Gasteiger partial charge in [0.25, 0.3) is 0 Å². The van der Waals surface area contributed by atoms with E-state index in [2.05, 4.69) is 34.1 Å². The molecule has 4 rings (SSSR count). The van der Waals surface area contributed by atoms with Crippen molar-refractivity contribution >= 4 is 27.5 Å². The van der Waals surface area contributed by atoms with Crippen LogP contribution in [-0.4, -0.2) is 13.0 Å². The van der Waals surface area contributed by atoms with Crippen LogP contribution >= 0.6 is 15.9 Å². The molecule has 0 saturated heterocycles. The molecule has 106 valence electrons. The lowest BCUT2D eigenvalue weighted by molar-refractivity contribution is -0.118. The van der Waals surface area contributed by atoms with E-state index in [-0.39, 0.29) is 5.91 Å². The number of nitrogens with zero attached hydrogens (tertiary/aromatic N) is 1. The number of hydrogen-bond donors (Lipinski definition) is 0. The molecular formula is C17H20BrNO. The summed E-state index contributed by atoms with van der Waals surface area (Å²) in [6.45, 7) is 0. The van der Waals surface area contributed by atoms with E-state index in [0.717, 1.165) is 29.9 Å². The fourth-order valence-corrected chi connectivity index (χ4v) is 5.45. The van der Waals surface area contributed by atoms with Crippen molar-refractivity contribution in [1.82, 2.24) is 0 Å². The van der Waals surface area contributed by atoms with E-state index in [4.69, 9.17) is 0 Å². The van der Waals surface area contributed by atoms with Crippen LogP contribution in [0.15, 0.2) is 18.2 Å². The number of rotatable bonds is 2. The lowest BCUT2D eigenvalue weighted by Crippen LogP contribution is -2.31. The molecule has 1 aliphatic heterocycles. The van der Waals surface area contributed by atoms with Gasteiger partial charge in [0.2, 0.25) is 5.91 Å². The van der Waals surface area contributed by atoms with Gasteiger partial charge in [-0.25, -0.2) is 0 Å². The second kappa shape index (κ2) is 4.59. The molecular weight excluding hydrogens is 314 g/mol. The van der Waals surface area contributed by atoms with Crippen molar-refractivity contribution in [1.29, 1.82) is 0 Å². The third kappa shape index (κ3) is 1.86. The molecule has 0 spiro atoms. The lowest BCUT2D eigenvalue weighted by atomic mass is 9.95. The molecule has 1 aromatic carbocycles. The van der Waals surface area contributed by atoms with Crippen LogP contribution < -0.4 is 4.90 Å². The smallest absolute Gasteiger partial charge is 0.227 e. The Morgan fingerprint density at radius 1 is 1.25 bits per heavy atom. The van der Waals surface area contributed by atoms with E-state index in [1.807, 2.05) is 7.05 Å². The minimum absolute atomic E-state index is 0.234. The van der Waals surface area contributed by atoms with E-state index in [0.29, 0.717) is 11.2 Å². The van der Waals surface area contributed by atoms with Crippen LogP contribution in [0, 0.1) is 17.8 Å². The van der Waals surface area contributed by atoms with Gasteiger partial charge in [0, 0.05) is 24.0 Å². The molecule has 2 nitrogen and oxygen atoms in total. The normalized spacial score (nSPS) is 32.8. The molecule has 0 aromatic heterocycles. The Labute approximate surface area is 128 Å². The highest BCUT2D eigenvalue weighted by atomic mass is 79.9. The van der Waals surface area contributed by atoms with Crippen molar-refractivity contribution in [2.45, 2.75) is 36.9 Å². The zero-order valence-electron chi connectivity index (χ0n) is 11.8. The molecule has 2 saturated carbocycles. The minimum atomic E-state index is 0.234. The highest BCUT2D eigenvalue weighted by Gasteiger charge is 2.55. The molecule has 1 amide bonds. The van der Waals surface area contributed by atoms with Gasteiger partial charge in [-0.3, -0.25) is 4.79 Å². The first-order chi connectivity index (χ1) is 9.66. The number of alkyl halides is 1. The quantitative estimate of drug-likeness (QED) is 0.747. The number of fused-ring (bicyclic) bond motifs is 2. The molecule has 3 atom stereocenters. The van der Waals surface area contributed by atoms with Crippen LogP contribution in [0.3, 0.4) is 0 Å². The maximum absolute atomic E-state index is 11.7. The Balaban J connectivity index is 1.59. The second-order valence-electron chi connectivity index (χ2n) is 6.58. The Morgan fingerprint density at radius 3 is 2.75 bits per heavy atom. The molecule has 0 radical (unpaired) electrons. The van der Waals surface area contributed by atoms with Crippen molar-refractivity contribution in [3.05, 3.63) is 29.3 Å². The topological polar surface area (TPSA) is 20.3 Å². The Morgan fingerprint density at radius 2 is 2.00 bits per heavy atom. The summed E-state index contributed by atoms with van der Waals surface area (Å²) < 4.78 is 0. The van der Waals surface area contributed by atoms with Crippen LogP contribution in [-0.2, 0) is 11.2 Å². The number of halogens is 1. The Bertz CT molecular complexity index is 560. The molecule has 20 heavy (non-hydrogen) atoms. The molecule has 1 heterocycles. The van der Waals surface area contributed by atoms with Gasteiger partial charge in [0.15, 0.2) is 0 Å². The van der Waals surface area contributed by atoms with Gasteiger partial charge in [-0.1, -0.05) is 34.5 Å². The fourth-order valence-electron chi connectivity index (χ4n) is 4.38. The molecule has 1 aromatic rings. The predicted molar refractivity (Wildman–Crippen MR) is 84.2 cm³/mol. The summed E-state index contributed by atoms with van der Waals surface area (Å²) in [4.78, 5) is 14.1. The van der Waals surface area contributed by atoms with Gasteiger partial charge in [0.05, 0.1) is 0 Å². The number of carbonyl (C=O) groups is 1. The van der Waals surface area contributed by atoms with E-state index in [1.165, 1.54) is 30.4 Å². The predicted octanol–water partition coefficient (Wildman–Crippen LogP) is 4.08. The highest BCUT2D eigenvalue weighted by molar-refractivity contribution is 9.09. The van der Waals surface area contributed by atoms with Gasteiger partial charge in [-0.15, -0.1) is 0 Å². The third-order valence-electron chi connectivity index (χ3n) is 5.58. The zero-order chi connectivity index (χ0) is 13.9. The Kier molecular flexibility index (Phi) is 2.95. The van der Waals surface area contributed by atoms with Gasteiger partial charge in [-0.05, 0) is 54.2 Å². The summed E-state index contributed by atoms with van der Waals surface area (Å²) in [6, 6.07) is 6.67. The first kappa shape index (κ1) is 12.9. The second-order valence-corrected chi connectivity index (χ2v) is 7.57. The number of anilines is 1. The van der Waals surface area contributed by atoms with Crippen LogP contribution in [0.5, 0.6) is 0 Å². The molecule has 2 fully saturated rings. The summed E-state index contributed by atoms with van der Waals surface area (Å²) in [7, 11) is 1.89. The average Bonchev–Trinajstić information content (AvgIpc) is 2.94. The number of carbonyl (C=O) groups excluding carboxylic acids is 1. The van der Waals surface area contributed by atoms with Crippen molar-refractivity contribution in [3.63, 3.8) is 0 Å². The largest absolute Gasteiger partial charge is 0.315 e. The average molecular weight is 334 g/mol. The van der Waals surface area contributed by atoms with E-state index >= 15 is 0 Å². The van der Waals surface area contributed by atoms with E-state index < -0.39 is 0 Å². The summed E-state index contributed by atoms with van der Waals surface area (Å²) in [6.07, 6.45) is 5.83. The van der Waals surface area contributed by atoms with Gasteiger partial charge in [0.1, 0.15) is 0 Å². The SMILES string of the molecule is CN1C(=O)CCc2cc(C(Br)C3C4CCCC43)ccc21. The monoisotopic (exact) mass is 333 g/mol. The number of amides is 1. The van der Waals surface area contributed by atoms with E-state index in [9.17, 15) is 4.79 Å². The fraction of sp³-hybridized carbons (Fsp3) is 0.588. The summed E-state index contributed by atoms with van der Waals surface area (Å²) >= 11 is 3.94. The molecule has 3 aliphatic rings. The van der Waals surface area contributed by atoms with Crippen LogP contribution in [0.25, 0.3) is 0 Å². The minimum Gasteiger partial charge on any atom is -0.315 e. The number of hydrogen-bond acceptors (Lipinski definition) is 1. The first-order valence-corrected chi connectivity index (χ1v) is 8.62. The maximum atomic E-state index is 11.7. The van der Waals surface area contributed by atoms with Crippen molar-refractivity contribution in [2.24, 2.45) is 17.8 Å². The van der Waals surface area contributed by atoms with Gasteiger partial charge >= 0.3 is 0 Å². The van der Waals surface area contributed by atoms with Crippen molar-refractivity contribution in [3.8, 4) is 0 Å². The number of aryl methyl sites for hydroxylation is 1. The molecule has 3 unspecified atom stereocenters. The Hall–Kier alpha value is -0.830. The maximum Gasteiger partial charge on any atom is 0.227 e. The molecule has 3 heteroatoms. The standard InChI is InChI=1S/C17H20BrNO/c1-19-14-7-5-11(9-10(14)6-8-15(19)20)17(18)16-12-3-2-4-13(12)16/h5,7,9,12-13,16-17H,2-4,6,8H2,1H3. The van der Waals surface area contributed by atoms with Gasteiger partial charge in [-0.2, -0.15) is 0 Å². The van der Waals surface area contributed by atoms with Crippen LogP contribution in [0.4, 0.5) is 5.69 Å².